The van der Waals surface area contributed by atoms with Gasteiger partial charge < -0.3 is 15.3 Å². The summed E-state index contributed by atoms with van der Waals surface area (Å²) in [6.07, 6.45) is -5.20. The van der Waals surface area contributed by atoms with Gasteiger partial charge in [-0.2, -0.15) is 24.9 Å². The Morgan fingerprint density at radius 1 is 1.28 bits per heavy atom. The van der Waals surface area contributed by atoms with Gasteiger partial charge in [0.05, 0.1) is 26.5 Å². The summed E-state index contributed by atoms with van der Waals surface area (Å²) in [5, 5.41) is 10.6. The van der Waals surface area contributed by atoms with E-state index in [0.29, 0.717) is 20.0 Å². The lowest BCUT2D eigenvalue weighted by Gasteiger charge is -2.32. The Hall–Kier alpha value is -1.17. The summed E-state index contributed by atoms with van der Waals surface area (Å²) in [6, 6.07) is 2.35. The van der Waals surface area contributed by atoms with E-state index < -0.39 is 32.8 Å². The number of amides is 1. The second-order valence-electron chi connectivity index (χ2n) is 6.99. The number of thioether (sulfide) groups is 1. The molecule has 0 aliphatic carbocycles. The van der Waals surface area contributed by atoms with E-state index in [0.717, 1.165) is 17.6 Å². The van der Waals surface area contributed by atoms with Crippen LogP contribution in [0.2, 0.25) is 5.02 Å². The molecule has 0 saturated carbocycles. The molecular formula is C17H22ClF3N2O4S2. The van der Waals surface area contributed by atoms with Crippen molar-refractivity contribution in [2.75, 3.05) is 34.8 Å². The molecule has 1 unspecified atom stereocenters. The lowest BCUT2D eigenvalue weighted by Crippen LogP contribution is -2.52. The van der Waals surface area contributed by atoms with Gasteiger partial charge in [0.25, 0.3) is 5.91 Å². The zero-order chi connectivity index (χ0) is 22.2. The Kier molecular flexibility index (Phi) is 7.08. The zero-order valence-corrected chi connectivity index (χ0v) is 18.4. The second-order valence-corrected chi connectivity index (χ2v) is 11.1. The number of anilines is 2. The minimum absolute atomic E-state index is 0.0509. The Morgan fingerprint density at radius 2 is 1.83 bits per heavy atom. The van der Waals surface area contributed by atoms with E-state index >= 15 is 0 Å². The topological polar surface area (TPSA) is 86.7 Å². The number of nitrogens with zero attached hydrogens (tertiary/aromatic N) is 1. The van der Waals surface area contributed by atoms with Crippen molar-refractivity contribution in [3.05, 3.63) is 17.2 Å². The van der Waals surface area contributed by atoms with Gasteiger partial charge in [-0.25, -0.2) is 8.42 Å². The number of hydrogen-bond acceptors (Lipinski definition) is 6. The molecule has 1 heterocycles. The van der Waals surface area contributed by atoms with Crippen LogP contribution in [0.4, 0.5) is 24.5 Å². The molecule has 1 aromatic rings. The maximum absolute atomic E-state index is 12.9. The van der Waals surface area contributed by atoms with Crippen molar-refractivity contribution in [2.45, 2.75) is 42.7 Å². The van der Waals surface area contributed by atoms with Crippen LogP contribution in [0.3, 0.4) is 0 Å². The average Bonchev–Trinajstić information content (AvgIpc) is 2.62. The molecule has 0 bridgehead atoms. The van der Waals surface area contributed by atoms with Crippen LogP contribution in [0, 0.1) is 0 Å². The molecule has 1 amide bonds. The number of nitrogens with one attached hydrogen (secondary N) is 1. The van der Waals surface area contributed by atoms with Gasteiger partial charge in [0.15, 0.2) is 9.84 Å². The van der Waals surface area contributed by atoms with Gasteiger partial charge in [0.1, 0.15) is 0 Å². The molecule has 29 heavy (non-hydrogen) atoms. The van der Waals surface area contributed by atoms with E-state index in [-0.39, 0.29) is 21.3 Å². The van der Waals surface area contributed by atoms with Crippen molar-refractivity contribution < 1.29 is 31.5 Å². The zero-order valence-electron chi connectivity index (χ0n) is 16.0. The number of rotatable bonds is 5. The van der Waals surface area contributed by atoms with Gasteiger partial charge >= 0.3 is 6.18 Å². The highest BCUT2D eigenvalue weighted by Gasteiger charge is 2.55. The van der Waals surface area contributed by atoms with Crippen molar-refractivity contribution in [2.24, 2.45) is 0 Å². The van der Waals surface area contributed by atoms with Crippen LogP contribution < -0.4 is 10.2 Å². The number of sulfone groups is 1. The van der Waals surface area contributed by atoms with Gasteiger partial charge in [-0.05, 0) is 32.9 Å². The predicted molar refractivity (Wildman–Crippen MR) is 109 cm³/mol. The Morgan fingerprint density at radius 3 is 2.31 bits per heavy atom. The lowest BCUT2D eigenvalue weighted by molar-refractivity contribution is -0.242. The van der Waals surface area contributed by atoms with Crippen LogP contribution in [0.15, 0.2) is 17.0 Å². The van der Waals surface area contributed by atoms with E-state index in [1.165, 1.54) is 19.9 Å². The number of hydrogen-bond donors (Lipinski definition) is 2. The van der Waals surface area contributed by atoms with E-state index in [1.54, 1.807) is 16.7 Å². The highest BCUT2D eigenvalue weighted by molar-refractivity contribution is 7.99. The summed E-state index contributed by atoms with van der Waals surface area (Å²) in [4.78, 5) is 13.7. The number of carbonyl (C=O) groups is 1. The van der Waals surface area contributed by atoms with Crippen molar-refractivity contribution >= 4 is 50.5 Å². The lowest BCUT2D eigenvalue weighted by atomic mass is 10.1. The maximum Gasteiger partial charge on any atom is 0.426 e. The van der Waals surface area contributed by atoms with Gasteiger partial charge in [-0.15, -0.1) is 0 Å². The SMILES string of the molecule is CC(C)S(=O)(=O)c1ccc(NC(=O)C(C)(O)C(F)(F)F)c(Cl)c1N1CCSCC1. The molecule has 0 radical (unpaired) electrons. The summed E-state index contributed by atoms with van der Waals surface area (Å²) in [5.41, 5.74) is -3.71. The van der Waals surface area contributed by atoms with E-state index in [4.69, 9.17) is 11.6 Å². The number of halogens is 4. The monoisotopic (exact) mass is 474 g/mol. The van der Waals surface area contributed by atoms with E-state index in [2.05, 4.69) is 0 Å². The Labute approximate surface area is 176 Å². The third kappa shape index (κ3) is 4.78. The molecule has 0 spiro atoms. The minimum atomic E-state index is -5.20. The summed E-state index contributed by atoms with van der Waals surface area (Å²) < 4.78 is 64.4. The quantitative estimate of drug-likeness (QED) is 0.680. The summed E-state index contributed by atoms with van der Waals surface area (Å²) in [5.74, 6) is -0.278. The molecule has 1 atom stereocenters. The normalized spacial score (nSPS) is 17.9. The highest BCUT2D eigenvalue weighted by atomic mass is 35.5. The predicted octanol–water partition coefficient (Wildman–Crippen LogP) is 3.33. The van der Waals surface area contributed by atoms with Crippen LogP contribution in [0.25, 0.3) is 0 Å². The van der Waals surface area contributed by atoms with Crippen molar-refractivity contribution in [1.29, 1.82) is 0 Å². The fourth-order valence-corrected chi connectivity index (χ4v) is 5.14. The third-order valence-corrected chi connectivity index (χ3v) is 8.08. The van der Waals surface area contributed by atoms with Crippen LogP contribution in [0.1, 0.15) is 20.8 Å². The summed E-state index contributed by atoms with van der Waals surface area (Å²) in [6.45, 7) is 4.33. The van der Waals surface area contributed by atoms with Crippen molar-refractivity contribution in [3.8, 4) is 0 Å². The number of benzene rings is 1. The Balaban J connectivity index is 2.56. The maximum atomic E-state index is 12.9. The van der Waals surface area contributed by atoms with Gasteiger partial charge in [0.2, 0.25) is 5.60 Å². The van der Waals surface area contributed by atoms with Crippen molar-refractivity contribution in [3.63, 3.8) is 0 Å². The fourth-order valence-electron chi connectivity index (χ4n) is 2.58. The molecule has 164 valence electrons. The fraction of sp³-hybridized carbons (Fsp3) is 0.588. The molecule has 1 aliphatic heterocycles. The molecule has 12 heteroatoms. The molecule has 1 fully saturated rings. The van der Waals surface area contributed by atoms with Crippen LogP contribution in [0.5, 0.6) is 0 Å². The molecule has 2 rings (SSSR count). The second kappa shape index (κ2) is 8.52. The molecule has 1 aliphatic rings. The first-order valence-corrected chi connectivity index (χ1v) is 11.8. The number of carbonyl (C=O) groups excluding carboxylic acids is 1. The van der Waals surface area contributed by atoms with Gasteiger partial charge in [-0.1, -0.05) is 11.6 Å². The molecule has 0 aromatic heterocycles. The number of aliphatic hydroxyl groups is 1. The van der Waals surface area contributed by atoms with E-state index in [1.807, 2.05) is 5.32 Å². The van der Waals surface area contributed by atoms with Gasteiger partial charge in [-0.3, -0.25) is 4.79 Å². The van der Waals surface area contributed by atoms with Gasteiger partial charge in [0, 0.05) is 24.6 Å². The van der Waals surface area contributed by atoms with Crippen LogP contribution >= 0.6 is 23.4 Å². The average molecular weight is 475 g/mol. The minimum Gasteiger partial charge on any atom is -0.373 e. The standard InChI is InChI=1S/C17H22ClF3N2O4S2/c1-10(2)29(26,27)12-5-4-11(22-15(24)16(3,25)17(19,20)21)13(18)14(12)23-6-8-28-9-7-23/h4-5,10,25H,6-9H2,1-3H3,(H,22,24). The molecule has 2 N–H and O–H groups in total. The number of alkyl halides is 3. The summed E-state index contributed by atoms with van der Waals surface area (Å²) >= 11 is 8.05. The molecule has 1 aromatic carbocycles. The van der Waals surface area contributed by atoms with Crippen molar-refractivity contribution in [1.82, 2.24) is 0 Å². The van der Waals surface area contributed by atoms with Crippen LogP contribution in [-0.4, -0.2) is 61.1 Å². The molecule has 6 nitrogen and oxygen atoms in total. The largest absolute Gasteiger partial charge is 0.426 e. The summed E-state index contributed by atoms with van der Waals surface area (Å²) in [7, 11) is -3.75. The van der Waals surface area contributed by atoms with Crippen LogP contribution in [-0.2, 0) is 14.6 Å². The highest BCUT2D eigenvalue weighted by Crippen LogP contribution is 2.41. The molecule has 1 saturated heterocycles. The Bertz CT molecular complexity index is 883. The smallest absolute Gasteiger partial charge is 0.373 e. The first kappa shape index (κ1) is 24.1. The first-order valence-electron chi connectivity index (χ1n) is 8.71. The van der Waals surface area contributed by atoms with E-state index in [9.17, 15) is 31.5 Å². The third-order valence-electron chi connectivity index (χ3n) is 4.58. The first-order chi connectivity index (χ1) is 13.2. The molecular weight excluding hydrogens is 453 g/mol.